The molecule has 0 bridgehead atoms. The first-order valence-electron chi connectivity index (χ1n) is 17.5. The van der Waals surface area contributed by atoms with Crippen molar-refractivity contribution in [1.29, 1.82) is 0 Å². The summed E-state index contributed by atoms with van der Waals surface area (Å²) in [7, 11) is 0. The first-order chi connectivity index (χ1) is 20.1. The van der Waals surface area contributed by atoms with Crippen molar-refractivity contribution in [1.82, 2.24) is 0 Å². The molecule has 4 heteroatoms. The van der Waals surface area contributed by atoms with Crippen LogP contribution in [0.15, 0.2) is 36.0 Å². The molecular formula is C38H64O4. The van der Waals surface area contributed by atoms with E-state index in [1.165, 1.54) is 81.8 Å². The zero-order valence-electron chi connectivity index (χ0n) is 27.8. The lowest BCUT2D eigenvalue weighted by atomic mass is 9.46. The van der Waals surface area contributed by atoms with Crippen LogP contribution in [0, 0.1) is 22.7 Å². The van der Waals surface area contributed by atoms with Crippen molar-refractivity contribution in [2.24, 2.45) is 22.7 Å². The van der Waals surface area contributed by atoms with Gasteiger partial charge in [-0.05, 0) is 108 Å². The summed E-state index contributed by atoms with van der Waals surface area (Å²) in [5.41, 5.74) is 1.90. The van der Waals surface area contributed by atoms with Gasteiger partial charge in [-0.1, -0.05) is 102 Å². The van der Waals surface area contributed by atoms with Crippen molar-refractivity contribution in [3.63, 3.8) is 0 Å². The van der Waals surface area contributed by atoms with Gasteiger partial charge in [0.15, 0.2) is 0 Å². The van der Waals surface area contributed by atoms with Crippen molar-refractivity contribution in [2.45, 2.75) is 163 Å². The highest BCUT2D eigenvalue weighted by Gasteiger charge is 2.57. The maximum atomic E-state index is 12.2. The Kier molecular flexibility index (Phi) is 16.8. The topological polar surface area (TPSA) is 63.6 Å². The maximum absolute atomic E-state index is 12.2. The quantitative estimate of drug-likeness (QED) is 0.0828. The van der Waals surface area contributed by atoms with E-state index in [4.69, 9.17) is 4.74 Å². The number of ether oxygens (including phenoxy) is 1. The highest BCUT2D eigenvalue weighted by molar-refractivity contribution is 5.75. The third-order valence-corrected chi connectivity index (χ3v) is 10.7. The van der Waals surface area contributed by atoms with Crippen LogP contribution in [0.2, 0.25) is 0 Å². The summed E-state index contributed by atoms with van der Waals surface area (Å²) in [4.78, 5) is 24.4. The van der Waals surface area contributed by atoms with Gasteiger partial charge in [0.2, 0.25) is 0 Å². The molecule has 0 saturated heterocycles. The minimum atomic E-state index is -0.635. The Morgan fingerprint density at radius 3 is 2.19 bits per heavy atom. The fraction of sp³-hybridized carbons (Fsp3) is 0.789. The maximum Gasteiger partial charge on any atom is 0.309 e. The molecule has 2 rings (SSSR count). The Labute approximate surface area is 258 Å². The van der Waals surface area contributed by atoms with Crippen LogP contribution in [0.4, 0.5) is 0 Å². The first kappa shape index (κ1) is 36.4. The van der Waals surface area contributed by atoms with Crippen molar-refractivity contribution >= 4 is 11.9 Å². The summed E-state index contributed by atoms with van der Waals surface area (Å²) in [6.45, 7) is 13.4. The van der Waals surface area contributed by atoms with Crippen molar-refractivity contribution < 1.29 is 19.4 Å². The van der Waals surface area contributed by atoms with Crippen LogP contribution in [0.25, 0.3) is 0 Å². The number of carbonyl (C=O) groups is 2. The molecule has 42 heavy (non-hydrogen) atoms. The predicted molar refractivity (Wildman–Crippen MR) is 176 cm³/mol. The standard InChI is InChI=1S/C38H64O4/c1-6-7-8-9-10-11-12-13-14-15-16-17-18-19-20-22-35(39)42-30-27-31(2)23-25-33-32(3)24-26-34-37(33,4)28-21-29-38(34,5)36(40)41/h13-14,27,33-34H,3,6-12,15-26,28-30H2,1-2,4-5H3,(H,40,41). The smallest absolute Gasteiger partial charge is 0.309 e. The van der Waals surface area contributed by atoms with E-state index in [9.17, 15) is 14.7 Å². The Morgan fingerprint density at radius 1 is 0.929 bits per heavy atom. The summed E-state index contributed by atoms with van der Waals surface area (Å²) in [6.07, 6.45) is 30.2. The van der Waals surface area contributed by atoms with Gasteiger partial charge in [0.1, 0.15) is 6.61 Å². The first-order valence-corrected chi connectivity index (χ1v) is 17.5. The molecule has 0 amide bonds. The molecular weight excluding hydrogens is 520 g/mol. The fourth-order valence-electron chi connectivity index (χ4n) is 7.90. The Bertz CT molecular complexity index is 886. The average Bonchev–Trinajstić information content (AvgIpc) is 2.94. The van der Waals surface area contributed by atoms with E-state index in [2.05, 4.69) is 39.5 Å². The van der Waals surface area contributed by atoms with Gasteiger partial charge in [-0.2, -0.15) is 0 Å². The number of carbonyl (C=O) groups excluding carboxylic acids is 1. The molecule has 0 aromatic heterocycles. The number of rotatable bonds is 21. The molecule has 4 nitrogen and oxygen atoms in total. The SMILES string of the molecule is C=C1CCC2C(C)(C(=O)O)CCCC2(C)C1CCC(C)=CCOC(=O)CCCCCCCC=CCCCCCCCC. The minimum Gasteiger partial charge on any atom is -0.481 e. The summed E-state index contributed by atoms with van der Waals surface area (Å²) in [6, 6.07) is 0. The number of aliphatic carboxylic acids is 1. The molecule has 0 aromatic carbocycles. The number of allylic oxidation sites excluding steroid dienone is 4. The Balaban J connectivity index is 1.56. The molecule has 2 saturated carbocycles. The van der Waals surface area contributed by atoms with E-state index in [-0.39, 0.29) is 17.3 Å². The van der Waals surface area contributed by atoms with Crippen LogP contribution in [0.3, 0.4) is 0 Å². The third kappa shape index (κ3) is 11.7. The summed E-state index contributed by atoms with van der Waals surface area (Å²) >= 11 is 0. The average molecular weight is 585 g/mol. The second-order valence-corrected chi connectivity index (χ2v) is 14.0. The molecule has 0 heterocycles. The van der Waals surface area contributed by atoms with E-state index in [0.29, 0.717) is 18.9 Å². The van der Waals surface area contributed by atoms with Gasteiger partial charge in [0, 0.05) is 6.42 Å². The van der Waals surface area contributed by atoms with Crippen LogP contribution >= 0.6 is 0 Å². The zero-order valence-corrected chi connectivity index (χ0v) is 27.8. The number of esters is 1. The monoisotopic (exact) mass is 584 g/mol. The van der Waals surface area contributed by atoms with Gasteiger partial charge < -0.3 is 9.84 Å². The molecule has 4 unspecified atom stereocenters. The molecule has 2 fully saturated rings. The summed E-state index contributed by atoms with van der Waals surface area (Å²) < 4.78 is 5.50. The molecule has 240 valence electrons. The third-order valence-electron chi connectivity index (χ3n) is 10.7. The number of unbranched alkanes of at least 4 members (excludes halogenated alkanes) is 11. The number of fused-ring (bicyclic) bond motifs is 1. The molecule has 0 radical (unpaired) electrons. The molecule has 2 aliphatic rings. The van der Waals surface area contributed by atoms with E-state index in [1.807, 2.05) is 13.0 Å². The van der Waals surface area contributed by atoms with Crippen molar-refractivity contribution in [2.75, 3.05) is 6.61 Å². The second kappa shape index (κ2) is 19.4. The van der Waals surface area contributed by atoms with Crippen molar-refractivity contribution in [3.05, 3.63) is 36.0 Å². The fourth-order valence-corrected chi connectivity index (χ4v) is 7.90. The molecule has 0 aliphatic heterocycles. The number of carboxylic acids is 1. The van der Waals surface area contributed by atoms with Crippen LogP contribution in [0.5, 0.6) is 0 Å². The van der Waals surface area contributed by atoms with Crippen LogP contribution in [-0.2, 0) is 14.3 Å². The van der Waals surface area contributed by atoms with E-state index < -0.39 is 11.4 Å². The van der Waals surface area contributed by atoms with Crippen LogP contribution in [0.1, 0.15) is 163 Å². The summed E-state index contributed by atoms with van der Waals surface area (Å²) in [5, 5.41) is 10.1. The van der Waals surface area contributed by atoms with Gasteiger partial charge >= 0.3 is 11.9 Å². The second-order valence-electron chi connectivity index (χ2n) is 14.0. The lowest BCUT2D eigenvalue weighted by molar-refractivity contribution is -0.164. The largest absolute Gasteiger partial charge is 0.481 e. The lowest BCUT2D eigenvalue weighted by Gasteiger charge is -2.57. The lowest BCUT2D eigenvalue weighted by Crippen LogP contribution is -2.53. The predicted octanol–water partition coefficient (Wildman–Crippen LogP) is 11.2. The van der Waals surface area contributed by atoms with Gasteiger partial charge in [0.05, 0.1) is 5.41 Å². The van der Waals surface area contributed by atoms with E-state index >= 15 is 0 Å². The highest BCUT2D eigenvalue weighted by atomic mass is 16.5. The van der Waals surface area contributed by atoms with Gasteiger partial charge in [-0.25, -0.2) is 0 Å². The minimum absolute atomic E-state index is 0.00257. The van der Waals surface area contributed by atoms with Crippen molar-refractivity contribution in [3.8, 4) is 0 Å². The van der Waals surface area contributed by atoms with E-state index in [0.717, 1.165) is 57.8 Å². The number of carboxylic acid groups (broad SMARTS) is 1. The summed E-state index contributed by atoms with van der Waals surface area (Å²) in [5.74, 6) is -0.178. The molecule has 2 aliphatic carbocycles. The zero-order chi connectivity index (χ0) is 30.8. The van der Waals surface area contributed by atoms with Gasteiger partial charge in [0.25, 0.3) is 0 Å². The van der Waals surface area contributed by atoms with E-state index in [1.54, 1.807) is 0 Å². The highest BCUT2D eigenvalue weighted by Crippen LogP contribution is 2.62. The van der Waals surface area contributed by atoms with Gasteiger partial charge in [-0.3, -0.25) is 9.59 Å². The number of hydrogen-bond donors (Lipinski definition) is 1. The Morgan fingerprint density at radius 2 is 1.55 bits per heavy atom. The normalized spacial score (nSPS) is 26.4. The molecule has 1 N–H and O–H groups in total. The van der Waals surface area contributed by atoms with Crippen LogP contribution in [-0.4, -0.2) is 23.7 Å². The van der Waals surface area contributed by atoms with Gasteiger partial charge in [-0.15, -0.1) is 0 Å². The molecule has 0 spiro atoms. The Hall–Kier alpha value is -1.84. The molecule has 0 aromatic rings. The van der Waals surface area contributed by atoms with Crippen LogP contribution < -0.4 is 0 Å². The molecule has 4 atom stereocenters. The number of hydrogen-bond acceptors (Lipinski definition) is 3.